The number of fused-ring (bicyclic) bond motifs is 1. The first-order valence-corrected chi connectivity index (χ1v) is 9.21. The maximum absolute atomic E-state index is 12.5. The zero-order valence-corrected chi connectivity index (χ0v) is 17.8. The zero-order valence-electron chi connectivity index (χ0n) is 16.2. The number of carbonyl (C=O) groups is 1. The lowest BCUT2D eigenvalue weighted by Crippen LogP contribution is -2.46. The number of amides is 1. The Morgan fingerprint density at radius 2 is 2.00 bits per heavy atom. The molecule has 3 aromatic rings. The van der Waals surface area contributed by atoms with Crippen LogP contribution in [0.25, 0.3) is 16.6 Å². The Morgan fingerprint density at radius 3 is 2.79 bits per heavy atom. The molecule has 1 fully saturated rings. The first-order valence-electron chi connectivity index (χ1n) is 9.21. The van der Waals surface area contributed by atoms with Crippen LogP contribution in [0, 0.1) is 6.92 Å². The summed E-state index contributed by atoms with van der Waals surface area (Å²) < 4.78 is 1.69. The average Bonchev–Trinajstić information content (AvgIpc) is 3.10. The smallest absolute Gasteiger partial charge is 0.273 e. The highest BCUT2D eigenvalue weighted by Crippen LogP contribution is 2.18. The first-order chi connectivity index (χ1) is 13.2. The summed E-state index contributed by atoms with van der Waals surface area (Å²) in [6.07, 6.45) is 1.77. The van der Waals surface area contributed by atoms with Crippen LogP contribution in [0.1, 0.15) is 16.2 Å². The normalized spacial score (nSPS) is 14.1. The van der Waals surface area contributed by atoms with Crippen molar-refractivity contribution in [3.05, 3.63) is 47.9 Å². The molecular formula is C19H25Cl2N7O. The summed E-state index contributed by atoms with van der Waals surface area (Å²) in [4.78, 5) is 19.2. The van der Waals surface area contributed by atoms with Gasteiger partial charge in [-0.25, -0.2) is 4.68 Å². The van der Waals surface area contributed by atoms with Crippen molar-refractivity contribution < 1.29 is 4.79 Å². The van der Waals surface area contributed by atoms with Crippen LogP contribution in [0.2, 0.25) is 0 Å². The molecule has 0 radical (unpaired) electrons. The Kier molecular flexibility index (Phi) is 8.33. The number of carbonyl (C=O) groups excluding carboxylic acids is 1. The standard InChI is InChI=1S/C19H23N7O.2ClH/c1-14-18(19(27)22-9-12-25-10-7-20-8-11-25)23-24-26(14)16-4-5-17-15(13-16)3-2-6-21-17;;/h2-6,13,20H,7-12H2,1H3,(H,22,27);2*1H. The van der Waals surface area contributed by atoms with Gasteiger partial charge in [0.2, 0.25) is 0 Å². The molecule has 0 saturated carbocycles. The second kappa shape index (κ2) is 10.5. The van der Waals surface area contributed by atoms with E-state index in [2.05, 4.69) is 30.8 Å². The lowest BCUT2D eigenvalue weighted by molar-refractivity contribution is 0.0941. The fraction of sp³-hybridized carbons (Fsp3) is 0.368. The van der Waals surface area contributed by atoms with Crippen molar-refractivity contribution in [1.29, 1.82) is 0 Å². The minimum atomic E-state index is -0.184. The number of benzene rings is 1. The summed E-state index contributed by atoms with van der Waals surface area (Å²) >= 11 is 0. The molecule has 2 aromatic heterocycles. The molecule has 0 bridgehead atoms. The number of rotatable bonds is 5. The minimum Gasteiger partial charge on any atom is -0.349 e. The van der Waals surface area contributed by atoms with E-state index in [1.807, 2.05) is 37.3 Å². The number of aromatic nitrogens is 4. The largest absolute Gasteiger partial charge is 0.349 e. The third-order valence-electron chi connectivity index (χ3n) is 4.86. The van der Waals surface area contributed by atoms with Crippen molar-refractivity contribution in [3.8, 4) is 5.69 Å². The first kappa shape index (κ1) is 23.0. The van der Waals surface area contributed by atoms with Gasteiger partial charge in [-0.1, -0.05) is 11.3 Å². The van der Waals surface area contributed by atoms with Crippen molar-refractivity contribution in [2.75, 3.05) is 39.3 Å². The number of nitrogens with one attached hydrogen (secondary N) is 2. The topological polar surface area (TPSA) is 88.0 Å². The van der Waals surface area contributed by atoms with Crippen LogP contribution >= 0.6 is 24.8 Å². The number of pyridine rings is 1. The maximum Gasteiger partial charge on any atom is 0.273 e. The molecule has 0 atom stereocenters. The molecule has 4 rings (SSSR count). The monoisotopic (exact) mass is 437 g/mol. The summed E-state index contributed by atoms with van der Waals surface area (Å²) in [7, 11) is 0. The van der Waals surface area contributed by atoms with Gasteiger partial charge >= 0.3 is 0 Å². The molecule has 1 saturated heterocycles. The SMILES string of the molecule is Cc1c(C(=O)NCCN2CCNCC2)nnn1-c1ccc2ncccc2c1.Cl.Cl. The van der Waals surface area contributed by atoms with E-state index in [0.717, 1.165) is 55.0 Å². The van der Waals surface area contributed by atoms with Crippen LogP contribution in [-0.2, 0) is 0 Å². The van der Waals surface area contributed by atoms with E-state index >= 15 is 0 Å². The highest BCUT2D eigenvalue weighted by Gasteiger charge is 2.18. The lowest BCUT2D eigenvalue weighted by atomic mass is 10.2. The van der Waals surface area contributed by atoms with E-state index in [4.69, 9.17) is 0 Å². The number of piperazine rings is 1. The van der Waals surface area contributed by atoms with Crippen LogP contribution in [0.3, 0.4) is 0 Å². The highest BCUT2D eigenvalue weighted by atomic mass is 35.5. The Balaban J connectivity index is 0.00000150. The number of nitrogens with zero attached hydrogens (tertiary/aromatic N) is 5. The minimum absolute atomic E-state index is 0. The molecule has 0 spiro atoms. The maximum atomic E-state index is 12.5. The molecule has 1 aliphatic rings. The number of hydrogen-bond acceptors (Lipinski definition) is 6. The molecule has 8 nitrogen and oxygen atoms in total. The van der Waals surface area contributed by atoms with Crippen LogP contribution in [0.4, 0.5) is 0 Å². The van der Waals surface area contributed by atoms with E-state index in [9.17, 15) is 4.79 Å². The zero-order chi connectivity index (χ0) is 18.6. The van der Waals surface area contributed by atoms with Gasteiger partial charge in [0.1, 0.15) is 0 Å². The molecule has 10 heteroatoms. The van der Waals surface area contributed by atoms with E-state index in [1.54, 1.807) is 10.9 Å². The van der Waals surface area contributed by atoms with Crippen molar-refractivity contribution >= 4 is 41.6 Å². The number of hydrogen-bond donors (Lipinski definition) is 2. The van der Waals surface area contributed by atoms with E-state index < -0.39 is 0 Å². The van der Waals surface area contributed by atoms with Crippen molar-refractivity contribution in [2.24, 2.45) is 0 Å². The van der Waals surface area contributed by atoms with E-state index in [0.29, 0.717) is 12.2 Å². The third kappa shape index (κ3) is 5.22. The predicted molar refractivity (Wildman–Crippen MR) is 118 cm³/mol. The Bertz CT molecular complexity index is 957. The predicted octanol–water partition coefficient (Wildman–Crippen LogP) is 1.60. The van der Waals surface area contributed by atoms with Gasteiger partial charge in [-0.15, -0.1) is 29.9 Å². The molecule has 3 heterocycles. The molecule has 29 heavy (non-hydrogen) atoms. The van der Waals surface area contributed by atoms with Gasteiger partial charge in [-0.05, 0) is 31.2 Å². The lowest BCUT2D eigenvalue weighted by Gasteiger charge is -2.26. The fourth-order valence-corrected chi connectivity index (χ4v) is 3.32. The fourth-order valence-electron chi connectivity index (χ4n) is 3.32. The van der Waals surface area contributed by atoms with Crippen molar-refractivity contribution in [1.82, 2.24) is 35.5 Å². The number of halogens is 2. The highest BCUT2D eigenvalue weighted by molar-refractivity contribution is 5.93. The van der Waals surface area contributed by atoms with Crippen molar-refractivity contribution in [3.63, 3.8) is 0 Å². The summed E-state index contributed by atoms with van der Waals surface area (Å²) in [5.41, 5.74) is 2.87. The van der Waals surface area contributed by atoms with Gasteiger partial charge in [-0.3, -0.25) is 14.7 Å². The molecular weight excluding hydrogens is 413 g/mol. The van der Waals surface area contributed by atoms with Crippen LogP contribution in [0.15, 0.2) is 36.5 Å². The van der Waals surface area contributed by atoms with Crippen LogP contribution < -0.4 is 10.6 Å². The van der Waals surface area contributed by atoms with Gasteiger partial charge < -0.3 is 10.6 Å². The molecule has 2 N–H and O–H groups in total. The van der Waals surface area contributed by atoms with Crippen molar-refractivity contribution in [2.45, 2.75) is 6.92 Å². The van der Waals surface area contributed by atoms with Gasteiger partial charge in [0.15, 0.2) is 5.69 Å². The molecule has 156 valence electrons. The van der Waals surface area contributed by atoms with Gasteiger partial charge in [0.05, 0.1) is 16.9 Å². The Labute approximate surface area is 181 Å². The summed E-state index contributed by atoms with van der Waals surface area (Å²) in [5.74, 6) is -0.184. The molecule has 1 aliphatic heterocycles. The van der Waals surface area contributed by atoms with Gasteiger partial charge in [-0.2, -0.15) is 0 Å². The summed E-state index contributed by atoms with van der Waals surface area (Å²) in [6, 6.07) is 9.78. The Morgan fingerprint density at radius 1 is 1.21 bits per heavy atom. The Hall–Kier alpha value is -2.26. The summed E-state index contributed by atoms with van der Waals surface area (Å²) in [6.45, 7) is 7.35. The second-order valence-electron chi connectivity index (χ2n) is 6.66. The van der Waals surface area contributed by atoms with Crippen LogP contribution in [-0.4, -0.2) is 70.1 Å². The quantitative estimate of drug-likeness (QED) is 0.630. The van der Waals surface area contributed by atoms with E-state index in [1.165, 1.54) is 0 Å². The average molecular weight is 438 g/mol. The second-order valence-corrected chi connectivity index (χ2v) is 6.66. The molecule has 0 aliphatic carbocycles. The van der Waals surface area contributed by atoms with Crippen LogP contribution in [0.5, 0.6) is 0 Å². The molecule has 1 amide bonds. The molecule has 1 aromatic carbocycles. The summed E-state index contributed by atoms with van der Waals surface area (Å²) in [5, 5.41) is 15.6. The van der Waals surface area contributed by atoms with Gasteiger partial charge in [0.25, 0.3) is 5.91 Å². The molecule has 0 unspecified atom stereocenters. The van der Waals surface area contributed by atoms with Gasteiger partial charge in [0, 0.05) is 50.9 Å². The third-order valence-corrected chi connectivity index (χ3v) is 4.86. The van der Waals surface area contributed by atoms with E-state index in [-0.39, 0.29) is 30.7 Å².